The summed E-state index contributed by atoms with van der Waals surface area (Å²) in [7, 11) is 0. The van der Waals surface area contributed by atoms with Crippen LogP contribution in [0.1, 0.15) is 26.9 Å². The van der Waals surface area contributed by atoms with Gasteiger partial charge in [-0.2, -0.15) is 0 Å². The molecule has 3 N–H and O–H groups in total. The number of nitrogens with one attached hydrogen (secondary N) is 1. The van der Waals surface area contributed by atoms with Gasteiger partial charge in [-0.3, -0.25) is 10.1 Å². The van der Waals surface area contributed by atoms with E-state index in [9.17, 15) is 14.4 Å². The van der Waals surface area contributed by atoms with E-state index in [4.69, 9.17) is 10.5 Å². The third-order valence-corrected chi connectivity index (χ3v) is 5.86. The quantitative estimate of drug-likeness (QED) is 0.813. The van der Waals surface area contributed by atoms with E-state index in [0.717, 1.165) is 17.1 Å². The Morgan fingerprint density at radius 2 is 1.82 bits per heavy atom. The van der Waals surface area contributed by atoms with Crippen LogP contribution in [0.15, 0.2) is 24.3 Å². The second-order valence-corrected chi connectivity index (χ2v) is 7.26. The zero-order valence-electron chi connectivity index (χ0n) is 11.7. The number of carbonyl (C=O) groups excluding carboxylic acids is 3. The number of rotatable bonds is 4. The Labute approximate surface area is 136 Å². The highest BCUT2D eigenvalue weighted by molar-refractivity contribution is 8.16. The fourth-order valence-corrected chi connectivity index (χ4v) is 4.74. The first-order valence-corrected chi connectivity index (χ1v) is 8.75. The van der Waals surface area contributed by atoms with Crippen molar-refractivity contribution < 1.29 is 19.1 Å². The van der Waals surface area contributed by atoms with E-state index in [1.807, 2.05) is 41.0 Å². The summed E-state index contributed by atoms with van der Waals surface area (Å²) >= 11 is 3.80. The number of thioether (sulfide) groups is 2. The highest BCUT2D eigenvalue weighted by atomic mass is 32.2. The Morgan fingerprint density at radius 3 is 2.41 bits per heavy atom. The number of urea groups is 1. The fraction of sp³-hybridized carbons (Fsp3) is 0.357. The largest absolute Gasteiger partial charge is 0.452 e. The van der Waals surface area contributed by atoms with Gasteiger partial charge in [0.15, 0.2) is 6.61 Å². The maximum absolute atomic E-state index is 11.8. The van der Waals surface area contributed by atoms with Crippen LogP contribution >= 0.6 is 23.5 Å². The first-order valence-electron chi connectivity index (χ1n) is 6.66. The number of primary amides is 1. The molecule has 1 heterocycles. The Morgan fingerprint density at radius 1 is 1.18 bits per heavy atom. The van der Waals surface area contributed by atoms with Gasteiger partial charge >= 0.3 is 12.0 Å². The molecule has 6 nitrogen and oxygen atoms in total. The van der Waals surface area contributed by atoms with Crippen molar-refractivity contribution in [2.24, 2.45) is 5.73 Å². The monoisotopic (exact) mass is 340 g/mol. The highest BCUT2D eigenvalue weighted by Crippen LogP contribution is 2.43. The predicted molar refractivity (Wildman–Crippen MR) is 86.7 cm³/mol. The van der Waals surface area contributed by atoms with E-state index < -0.39 is 24.5 Å². The molecule has 1 aromatic carbocycles. The molecule has 0 aromatic heterocycles. The molecule has 0 unspecified atom stereocenters. The molecule has 0 saturated carbocycles. The third kappa shape index (κ3) is 4.96. The van der Waals surface area contributed by atoms with Crippen molar-refractivity contribution in [3.05, 3.63) is 35.4 Å². The van der Waals surface area contributed by atoms with Gasteiger partial charge in [-0.25, -0.2) is 9.59 Å². The molecule has 1 saturated heterocycles. The van der Waals surface area contributed by atoms with Crippen molar-refractivity contribution in [3.63, 3.8) is 0 Å². The smallest absolute Gasteiger partial charge is 0.338 e. The molecule has 22 heavy (non-hydrogen) atoms. The number of nitrogens with two attached hydrogens (primary N) is 1. The molecular weight excluding hydrogens is 324 g/mol. The molecule has 0 radical (unpaired) electrons. The van der Waals surface area contributed by atoms with Crippen LogP contribution in [0.4, 0.5) is 4.79 Å². The van der Waals surface area contributed by atoms with Crippen LogP contribution in [0, 0.1) is 0 Å². The molecule has 1 aliphatic rings. The van der Waals surface area contributed by atoms with Crippen molar-refractivity contribution in [2.45, 2.75) is 11.0 Å². The average Bonchev–Trinajstić information content (AvgIpc) is 2.53. The number of carbonyl (C=O) groups is 3. The number of amides is 3. The zero-order chi connectivity index (χ0) is 15.9. The Bertz CT molecular complexity index is 556. The molecule has 0 aliphatic carbocycles. The molecule has 8 heteroatoms. The van der Waals surface area contributed by atoms with Gasteiger partial charge in [0.05, 0.1) is 10.1 Å². The lowest BCUT2D eigenvalue weighted by molar-refractivity contribution is -0.123. The lowest BCUT2D eigenvalue weighted by Crippen LogP contribution is -2.37. The van der Waals surface area contributed by atoms with Crippen molar-refractivity contribution in [1.29, 1.82) is 0 Å². The zero-order valence-corrected chi connectivity index (χ0v) is 13.4. The minimum atomic E-state index is -0.979. The van der Waals surface area contributed by atoms with Gasteiger partial charge in [-0.05, 0) is 35.6 Å². The van der Waals surface area contributed by atoms with Gasteiger partial charge in [-0.15, -0.1) is 23.5 Å². The minimum Gasteiger partial charge on any atom is -0.452 e. The normalized spacial score (nSPS) is 15.1. The first-order chi connectivity index (χ1) is 10.6. The van der Waals surface area contributed by atoms with Gasteiger partial charge in [-0.1, -0.05) is 12.1 Å². The van der Waals surface area contributed by atoms with Crippen LogP contribution in [0.5, 0.6) is 0 Å². The summed E-state index contributed by atoms with van der Waals surface area (Å²) in [4.78, 5) is 33.4. The van der Waals surface area contributed by atoms with Gasteiger partial charge < -0.3 is 10.5 Å². The standard InChI is InChI=1S/C14H16N2O4S2/c15-14(19)16-11(17)8-20-12(18)9-2-4-10(5-3-9)13-21-6-1-7-22-13/h2-5,13H,1,6-8H2,(H3,15,16,17,19). The Hall–Kier alpha value is -1.67. The van der Waals surface area contributed by atoms with Crippen molar-refractivity contribution in [3.8, 4) is 0 Å². The van der Waals surface area contributed by atoms with Gasteiger partial charge in [0, 0.05) is 0 Å². The molecule has 1 fully saturated rings. The number of ether oxygens (including phenoxy) is 1. The van der Waals surface area contributed by atoms with Crippen LogP contribution in [0.3, 0.4) is 0 Å². The summed E-state index contributed by atoms with van der Waals surface area (Å²) in [5, 5.41) is 1.82. The highest BCUT2D eigenvalue weighted by Gasteiger charge is 2.17. The van der Waals surface area contributed by atoms with Crippen LogP contribution in [0.25, 0.3) is 0 Å². The molecule has 0 atom stereocenters. The second-order valence-electron chi connectivity index (χ2n) is 4.54. The van der Waals surface area contributed by atoms with Crippen molar-refractivity contribution in [1.82, 2.24) is 5.32 Å². The van der Waals surface area contributed by atoms with Gasteiger partial charge in [0.1, 0.15) is 0 Å². The summed E-state index contributed by atoms with van der Waals surface area (Å²) in [6, 6.07) is 6.18. The molecule has 1 aromatic rings. The maximum Gasteiger partial charge on any atom is 0.338 e. The molecule has 0 bridgehead atoms. The summed E-state index contributed by atoms with van der Waals surface area (Å²) < 4.78 is 5.21. The first kappa shape index (κ1) is 16.7. The Balaban J connectivity index is 1.88. The molecule has 3 amide bonds. The van der Waals surface area contributed by atoms with Crippen LogP contribution in [0.2, 0.25) is 0 Å². The average molecular weight is 340 g/mol. The van der Waals surface area contributed by atoms with E-state index in [-0.39, 0.29) is 0 Å². The molecule has 2 rings (SSSR count). The number of imide groups is 1. The number of hydrogen-bond donors (Lipinski definition) is 2. The van der Waals surface area contributed by atoms with E-state index >= 15 is 0 Å². The lowest BCUT2D eigenvalue weighted by Gasteiger charge is -2.21. The summed E-state index contributed by atoms with van der Waals surface area (Å²) in [6.45, 7) is -0.544. The van der Waals surface area contributed by atoms with Gasteiger partial charge in [0.2, 0.25) is 0 Å². The van der Waals surface area contributed by atoms with Crippen LogP contribution < -0.4 is 11.1 Å². The molecular formula is C14H16N2O4S2. The molecule has 1 aliphatic heterocycles. The van der Waals surface area contributed by atoms with E-state index in [2.05, 4.69) is 0 Å². The Kier molecular flexibility index (Phi) is 6.14. The summed E-state index contributed by atoms with van der Waals surface area (Å²) in [5.74, 6) is 0.926. The topological polar surface area (TPSA) is 98.5 Å². The summed E-state index contributed by atoms with van der Waals surface area (Å²) in [6.07, 6.45) is 1.23. The van der Waals surface area contributed by atoms with E-state index in [0.29, 0.717) is 10.1 Å². The second kappa shape index (κ2) is 8.09. The van der Waals surface area contributed by atoms with E-state index in [1.165, 1.54) is 6.42 Å². The van der Waals surface area contributed by atoms with Gasteiger partial charge in [0.25, 0.3) is 5.91 Å². The maximum atomic E-state index is 11.8. The van der Waals surface area contributed by atoms with Crippen LogP contribution in [-0.2, 0) is 9.53 Å². The number of benzene rings is 1. The lowest BCUT2D eigenvalue weighted by atomic mass is 10.1. The third-order valence-electron chi connectivity index (χ3n) is 2.84. The summed E-state index contributed by atoms with van der Waals surface area (Å²) in [5.41, 5.74) is 6.31. The molecule has 0 spiro atoms. The van der Waals surface area contributed by atoms with Crippen molar-refractivity contribution >= 4 is 41.4 Å². The minimum absolute atomic E-state index is 0.362. The predicted octanol–water partition coefficient (Wildman–Crippen LogP) is 1.91. The number of hydrogen-bond acceptors (Lipinski definition) is 6. The van der Waals surface area contributed by atoms with Crippen LogP contribution in [-0.4, -0.2) is 36.0 Å². The molecule has 118 valence electrons. The SMILES string of the molecule is NC(=O)NC(=O)COC(=O)c1ccc(C2SCCCS2)cc1. The fourth-order valence-electron chi connectivity index (χ4n) is 1.84. The van der Waals surface area contributed by atoms with E-state index in [1.54, 1.807) is 12.1 Å². The number of esters is 1. The van der Waals surface area contributed by atoms with Crippen molar-refractivity contribution in [2.75, 3.05) is 18.1 Å².